The van der Waals surface area contributed by atoms with Crippen LogP contribution in [0.1, 0.15) is 31.2 Å². The third-order valence-corrected chi connectivity index (χ3v) is 3.52. The molecule has 0 bridgehead atoms. The SMILES string of the molecule is COC1CCCC(Oc2ccccc2CC(=O)O)C1. The van der Waals surface area contributed by atoms with Gasteiger partial charge in [-0.05, 0) is 25.3 Å². The quantitative estimate of drug-likeness (QED) is 0.888. The smallest absolute Gasteiger partial charge is 0.307 e. The molecule has 0 radical (unpaired) electrons. The summed E-state index contributed by atoms with van der Waals surface area (Å²) in [6, 6.07) is 7.36. The van der Waals surface area contributed by atoms with Crippen molar-refractivity contribution < 1.29 is 19.4 Å². The van der Waals surface area contributed by atoms with Gasteiger partial charge < -0.3 is 14.6 Å². The number of benzene rings is 1. The summed E-state index contributed by atoms with van der Waals surface area (Å²) < 4.78 is 11.4. The van der Waals surface area contributed by atoms with Gasteiger partial charge in [-0.15, -0.1) is 0 Å². The van der Waals surface area contributed by atoms with Crippen molar-refractivity contribution in [2.24, 2.45) is 0 Å². The van der Waals surface area contributed by atoms with Gasteiger partial charge in [0.05, 0.1) is 12.5 Å². The Morgan fingerprint density at radius 3 is 2.79 bits per heavy atom. The largest absolute Gasteiger partial charge is 0.490 e. The molecule has 1 N–H and O–H groups in total. The van der Waals surface area contributed by atoms with E-state index in [0.29, 0.717) is 5.75 Å². The molecule has 0 aliphatic heterocycles. The van der Waals surface area contributed by atoms with E-state index in [1.807, 2.05) is 18.2 Å². The van der Waals surface area contributed by atoms with Gasteiger partial charge in [-0.1, -0.05) is 18.2 Å². The second kappa shape index (κ2) is 6.57. The normalized spacial score (nSPS) is 23.0. The second-order valence-electron chi connectivity index (χ2n) is 4.94. The predicted molar refractivity (Wildman–Crippen MR) is 71.5 cm³/mol. The van der Waals surface area contributed by atoms with Gasteiger partial charge in [0.1, 0.15) is 11.9 Å². The first-order valence-corrected chi connectivity index (χ1v) is 6.68. The van der Waals surface area contributed by atoms with Gasteiger partial charge in [0.25, 0.3) is 0 Å². The highest BCUT2D eigenvalue weighted by Crippen LogP contribution is 2.27. The van der Waals surface area contributed by atoms with Gasteiger partial charge in [0.15, 0.2) is 0 Å². The van der Waals surface area contributed by atoms with E-state index >= 15 is 0 Å². The maximum Gasteiger partial charge on any atom is 0.307 e. The van der Waals surface area contributed by atoms with Crippen LogP contribution in [0.5, 0.6) is 5.75 Å². The molecular weight excluding hydrogens is 244 g/mol. The number of hydrogen-bond donors (Lipinski definition) is 1. The summed E-state index contributed by atoms with van der Waals surface area (Å²) in [6.07, 6.45) is 4.41. The lowest BCUT2D eigenvalue weighted by atomic mass is 9.95. The first-order chi connectivity index (χ1) is 9.19. The number of methoxy groups -OCH3 is 1. The fourth-order valence-electron chi connectivity index (χ4n) is 2.53. The van der Waals surface area contributed by atoms with Crippen LogP contribution in [0.3, 0.4) is 0 Å². The van der Waals surface area contributed by atoms with Crippen LogP contribution in [-0.2, 0) is 16.0 Å². The molecule has 1 aromatic rings. The van der Waals surface area contributed by atoms with Crippen LogP contribution in [0.4, 0.5) is 0 Å². The van der Waals surface area contributed by atoms with E-state index in [4.69, 9.17) is 14.6 Å². The summed E-state index contributed by atoms with van der Waals surface area (Å²) in [4.78, 5) is 10.8. The highest BCUT2D eigenvalue weighted by Gasteiger charge is 2.23. The number of hydrogen-bond acceptors (Lipinski definition) is 3. The Balaban J connectivity index is 2.03. The molecule has 0 amide bonds. The minimum Gasteiger partial charge on any atom is -0.490 e. The predicted octanol–water partition coefficient (Wildman–Crippen LogP) is 2.65. The van der Waals surface area contributed by atoms with Gasteiger partial charge in [-0.2, -0.15) is 0 Å². The molecule has 1 fully saturated rings. The van der Waals surface area contributed by atoms with Crippen LogP contribution in [0.25, 0.3) is 0 Å². The first kappa shape index (κ1) is 13.9. The zero-order chi connectivity index (χ0) is 13.7. The zero-order valence-corrected chi connectivity index (χ0v) is 11.2. The van der Waals surface area contributed by atoms with Gasteiger partial charge in [0, 0.05) is 19.1 Å². The van der Waals surface area contributed by atoms with Gasteiger partial charge in [-0.25, -0.2) is 0 Å². The van der Waals surface area contributed by atoms with Gasteiger partial charge >= 0.3 is 5.97 Å². The average Bonchev–Trinajstić information content (AvgIpc) is 2.41. The van der Waals surface area contributed by atoms with Crippen LogP contribution in [0, 0.1) is 0 Å². The lowest BCUT2D eigenvalue weighted by Crippen LogP contribution is -2.29. The monoisotopic (exact) mass is 264 g/mol. The Kier molecular flexibility index (Phi) is 4.80. The summed E-state index contributed by atoms with van der Waals surface area (Å²) in [6.45, 7) is 0. The zero-order valence-electron chi connectivity index (χ0n) is 11.2. The molecule has 4 nitrogen and oxygen atoms in total. The summed E-state index contributed by atoms with van der Waals surface area (Å²) in [5.41, 5.74) is 0.731. The van der Waals surface area contributed by atoms with E-state index in [1.165, 1.54) is 0 Å². The third-order valence-electron chi connectivity index (χ3n) is 3.52. The van der Waals surface area contributed by atoms with E-state index < -0.39 is 5.97 Å². The van der Waals surface area contributed by atoms with Crippen molar-refractivity contribution in [1.29, 1.82) is 0 Å². The molecule has 19 heavy (non-hydrogen) atoms. The number of aliphatic carboxylic acids is 1. The molecule has 1 aromatic carbocycles. The Hall–Kier alpha value is -1.55. The molecule has 0 saturated heterocycles. The van der Waals surface area contributed by atoms with Crippen LogP contribution in [0.2, 0.25) is 0 Å². The lowest BCUT2D eigenvalue weighted by molar-refractivity contribution is -0.136. The van der Waals surface area contributed by atoms with Crippen molar-refractivity contribution in [3.05, 3.63) is 29.8 Å². The molecule has 104 valence electrons. The van der Waals surface area contributed by atoms with Crippen molar-refractivity contribution in [2.45, 2.75) is 44.3 Å². The molecule has 2 rings (SSSR count). The maximum atomic E-state index is 10.8. The second-order valence-corrected chi connectivity index (χ2v) is 4.94. The van der Waals surface area contributed by atoms with Crippen LogP contribution >= 0.6 is 0 Å². The van der Waals surface area contributed by atoms with Crippen molar-refractivity contribution in [3.63, 3.8) is 0 Å². The Bertz CT molecular complexity index is 430. The number of para-hydroxylation sites is 1. The Morgan fingerprint density at radius 1 is 1.32 bits per heavy atom. The van der Waals surface area contributed by atoms with Crippen LogP contribution in [0.15, 0.2) is 24.3 Å². The molecule has 4 heteroatoms. The minimum absolute atomic E-state index is 0.00337. The Labute approximate surface area is 113 Å². The van der Waals surface area contributed by atoms with Crippen molar-refractivity contribution in [3.8, 4) is 5.75 Å². The Morgan fingerprint density at radius 2 is 2.05 bits per heavy atom. The number of carbonyl (C=O) groups is 1. The molecule has 0 heterocycles. The number of carboxylic acid groups (broad SMARTS) is 1. The standard InChI is InChI=1S/C15H20O4/c1-18-12-6-4-7-13(10-12)19-14-8-3-2-5-11(14)9-15(16)17/h2-3,5,8,12-13H,4,6-7,9-10H2,1H3,(H,16,17). The number of ether oxygens (including phenoxy) is 2. The summed E-state index contributed by atoms with van der Waals surface area (Å²) in [5.74, 6) is -0.152. The van der Waals surface area contributed by atoms with E-state index in [9.17, 15) is 4.79 Å². The molecule has 1 aliphatic rings. The highest BCUT2D eigenvalue weighted by atomic mass is 16.5. The fraction of sp³-hybridized carbons (Fsp3) is 0.533. The van der Waals surface area contributed by atoms with Crippen LogP contribution in [-0.4, -0.2) is 30.4 Å². The van der Waals surface area contributed by atoms with E-state index in [0.717, 1.165) is 31.2 Å². The number of carboxylic acids is 1. The van der Waals surface area contributed by atoms with E-state index in [2.05, 4.69) is 0 Å². The minimum atomic E-state index is -0.838. The fourth-order valence-corrected chi connectivity index (χ4v) is 2.53. The molecule has 2 atom stereocenters. The molecule has 2 unspecified atom stereocenters. The molecule has 0 spiro atoms. The van der Waals surface area contributed by atoms with Crippen molar-refractivity contribution in [1.82, 2.24) is 0 Å². The van der Waals surface area contributed by atoms with Crippen molar-refractivity contribution >= 4 is 5.97 Å². The number of rotatable bonds is 5. The maximum absolute atomic E-state index is 10.8. The molecule has 1 saturated carbocycles. The van der Waals surface area contributed by atoms with Gasteiger partial charge in [-0.3, -0.25) is 4.79 Å². The molecular formula is C15H20O4. The lowest BCUT2D eigenvalue weighted by Gasteiger charge is -2.29. The summed E-state index contributed by atoms with van der Waals surface area (Å²) in [5, 5.41) is 8.90. The van der Waals surface area contributed by atoms with Gasteiger partial charge in [0.2, 0.25) is 0 Å². The van der Waals surface area contributed by atoms with E-state index in [1.54, 1.807) is 13.2 Å². The summed E-state index contributed by atoms with van der Waals surface area (Å²) >= 11 is 0. The highest BCUT2D eigenvalue weighted by molar-refractivity contribution is 5.71. The third kappa shape index (κ3) is 3.96. The van der Waals surface area contributed by atoms with E-state index in [-0.39, 0.29) is 18.6 Å². The van der Waals surface area contributed by atoms with Crippen molar-refractivity contribution in [2.75, 3.05) is 7.11 Å². The molecule has 0 aromatic heterocycles. The molecule has 1 aliphatic carbocycles. The first-order valence-electron chi connectivity index (χ1n) is 6.68. The van der Waals surface area contributed by atoms with Crippen LogP contribution < -0.4 is 4.74 Å². The topological polar surface area (TPSA) is 55.8 Å². The summed E-state index contributed by atoms with van der Waals surface area (Å²) in [7, 11) is 1.73. The average molecular weight is 264 g/mol.